The second-order valence-electron chi connectivity index (χ2n) is 6.66. The molecular formula is C24H23FINO5. The summed E-state index contributed by atoms with van der Waals surface area (Å²) in [4.78, 5) is 19.1. The normalized spacial score (nSPS) is 11.6. The summed E-state index contributed by atoms with van der Waals surface area (Å²) in [5.41, 5.74) is 1.06. The van der Waals surface area contributed by atoms with Crippen molar-refractivity contribution in [3.8, 4) is 5.75 Å². The molecule has 0 saturated heterocycles. The molecule has 0 heterocycles. The fraction of sp³-hybridized carbons (Fsp3) is 0.167. The summed E-state index contributed by atoms with van der Waals surface area (Å²) in [6, 6.07) is 19.2. The van der Waals surface area contributed by atoms with Crippen molar-refractivity contribution in [3.05, 3.63) is 87.8 Å². The molecule has 3 aromatic carbocycles. The molecule has 0 spiro atoms. The van der Waals surface area contributed by atoms with Gasteiger partial charge in [0.15, 0.2) is 0 Å². The number of benzene rings is 3. The van der Waals surface area contributed by atoms with Crippen molar-refractivity contribution in [1.29, 1.82) is 0 Å². The van der Waals surface area contributed by atoms with Crippen molar-refractivity contribution < 1.29 is 28.9 Å². The van der Waals surface area contributed by atoms with Crippen molar-refractivity contribution in [2.45, 2.75) is 12.5 Å². The molecule has 1 atom stereocenters. The summed E-state index contributed by atoms with van der Waals surface area (Å²) in [5.74, 6) is -1.83. The second-order valence-corrected chi connectivity index (χ2v) is 7.91. The van der Waals surface area contributed by atoms with E-state index in [0.29, 0.717) is 18.8 Å². The van der Waals surface area contributed by atoms with E-state index in [9.17, 15) is 14.0 Å². The Hall–Kier alpha value is -2.98. The van der Waals surface area contributed by atoms with E-state index in [1.54, 1.807) is 0 Å². The Balaban J connectivity index is 0.000000390. The molecule has 6 nitrogen and oxygen atoms in total. The molecule has 0 radical (unpaired) electrons. The molecule has 0 aliphatic rings. The first-order chi connectivity index (χ1) is 15.3. The predicted molar refractivity (Wildman–Crippen MR) is 129 cm³/mol. The third-order valence-electron chi connectivity index (χ3n) is 4.46. The van der Waals surface area contributed by atoms with Crippen LogP contribution in [0.25, 0.3) is 10.8 Å². The van der Waals surface area contributed by atoms with E-state index in [0.717, 1.165) is 23.1 Å². The summed E-state index contributed by atoms with van der Waals surface area (Å²) in [6.45, 7) is 0.591. The number of rotatable bonds is 8. The lowest BCUT2D eigenvalue weighted by Crippen LogP contribution is -2.19. The van der Waals surface area contributed by atoms with Crippen molar-refractivity contribution in [3.63, 3.8) is 0 Å². The molecule has 0 saturated carbocycles. The van der Waals surface area contributed by atoms with Crippen LogP contribution in [0.5, 0.6) is 5.75 Å². The zero-order chi connectivity index (χ0) is 23.5. The maximum atomic E-state index is 13.1. The largest absolute Gasteiger partial charge is 0.493 e. The minimum Gasteiger partial charge on any atom is -0.493 e. The van der Waals surface area contributed by atoms with Crippen LogP contribution in [0, 0.1) is 9.39 Å². The summed E-state index contributed by atoms with van der Waals surface area (Å²) >= 11 is 2.31. The molecule has 3 rings (SSSR count). The average molecular weight is 551 g/mol. The SMILES string of the molecule is CNC(CCOc1cccc2cc(I)ccc12)c1ccc(F)cc1.O=C(O)/C=C\C(=O)O. The van der Waals surface area contributed by atoms with Gasteiger partial charge in [0.25, 0.3) is 0 Å². The number of carboxylic acid groups (broad SMARTS) is 2. The third kappa shape index (κ3) is 8.27. The van der Waals surface area contributed by atoms with Gasteiger partial charge in [-0.05, 0) is 77.0 Å². The van der Waals surface area contributed by atoms with E-state index in [1.807, 2.05) is 31.3 Å². The summed E-state index contributed by atoms with van der Waals surface area (Å²) in [5, 5.41) is 21.2. The van der Waals surface area contributed by atoms with Gasteiger partial charge < -0.3 is 20.3 Å². The molecule has 0 aliphatic heterocycles. The van der Waals surface area contributed by atoms with E-state index in [2.05, 4.69) is 52.2 Å². The lowest BCUT2D eigenvalue weighted by molar-refractivity contribution is -0.134. The number of hydrogen-bond donors (Lipinski definition) is 3. The summed E-state index contributed by atoms with van der Waals surface area (Å²) < 4.78 is 20.3. The number of fused-ring (bicyclic) bond motifs is 1. The third-order valence-corrected chi connectivity index (χ3v) is 5.13. The number of nitrogens with one attached hydrogen (secondary N) is 1. The van der Waals surface area contributed by atoms with E-state index in [1.165, 1.54) is 21.1 Å². The van der Waals surface area contributed by atoms with Crippen LogP contribution in [-0.4, -0.2) is 35.8 Å². The highest BCUT2D eigenvalue weighted by Crippen LogP contribution is 2.27. The summed E-state index contributed by atoms with van der Waals surface area (Å²) in [7, 11) is 1.91. The predicted octanol–water partition coefficient (Wildman–Crippen LogP) is 5.02. The van der Waals surface area contributed by atoms with E-state index >= 15 is 0 Å². The molecule has 0 fully saturated rings. The van der Waals surface area contributed by atoms with E-state index < -0.39 is 11.9 Å². The van der Waals surface area contributed by atoms with Gasteiger partial charge in [0.05, 0.1) is 6.61 Å². The molecule has 168 valence electrons. The van der Waals surface area contributed by atoms with E-state index in [-0.39, 0.29) is 11.9 Å². The summed E-state index contributed by atoms with van der Waals surface area (Å²) in [6.07, 6.45) is 1.92. The van der Waals surface area contributed by atoms with Gasteiger partial charge in [-0.1, -0.05) is 24.3 Å². The Morgan fingerprint density at radius 1 is 1.06 bits per heavy atom. The second kappa shape index (κ2) is 12.8. The van der Waals surface area contributed by atoms with Crippen molar-refractivity contribution >= 4 is 45.3 Å². The molecule has 8 heteroatoms. The maximum absolute atomic E-state index is 13.1. The average Bonchev–Trinajstić information content (AvgIpc) is 2.76. The molecule has 0 aromatic heterocycles. The smallest absolute Gasteiger partial charge is 0.328 e. The Morgan fingerprint density at radius 2 is 1.72 bits per heavy atom. The minimum atomic E-state index is -1.26. The lowest BCUT2D eigenvalue weighted by Gasteiger charge is -2.17. The highest BCUT2D eigenvalue weighted by molar-refractivity contribution is 14.1. The number of ether oxygens (including phenoxy) is 1. The fourth-order valence-electron chi connectivity index (χ4n) is 2.95. The fourth-order valence-corrected chi connectivity index (χ4v) is 3.47. The number of halogens is 2. The molecule has 0 bridgehead atoms. The molecule has 3 N–H and O–H groups in total. The first kappa shape index (κ1) is 25.3. The Morgan fingerprint density at radius 3 is 2.31 bits per heavy atom. The number of carboxylic acids is 2. The molecule has 1 unspecified atom stereocenters. The van der Waals surface area contributed by atoms with Gasteiger partial charge in [-0.15, -0.1) is 0 Å². The molecule has 0 aliphatic carbocycles. The van der Waals surface area contributed by atoms with Crippen LogP contribution in [0.3, 0.4) is 0 Å². The maximum Gasteiger partial charge on any atom is 0.328 e. The van der Waals surface area contributed by atoms with Gasteiger partial charge in [-0.25, -0.2) is 14.0 Å². The first-order valence-corrected chi connectivity index (χ1v) is 10.8. The number of carbonyl (C=O) groups is 2. The van der Waals surface area contributed by atoms with Crippen LogP contribution in [-0.2, 0) is 9.59 Å². The minimum absolute atomic E-state index is 0.140. The van der Waals surface area contributed by atoms with Crippen LogP contribution in [0.1, 0.15) is 18.0 Å². The van der Waals surface area contributed by atoms with Crippen LogP contribution >= 0.6 is 22.6 Å². The monoisotopic (exact) mass is 551 g/mol. The van der Waals surface area contributed by atoms with Gasteiger partial charge in [0.1, 0.15) is 11.6 Å². The first-order valence-electron chi connectivity index (χ1n) is 9.68. The zero-order valence-electron chi connectivity index (χ0n) is 17.3. The highest BCUT2D eigenvalue weighted by atomic mass is 127. The number of aliphatic carboxylic acids is 2. The quantitative estimate of drug-likeness (QED) is 0.269. The molecule has 0 amide bonds. The zero-order valence-corrected chi connectivity index (χ0v) is 19.5. The topological polar surface area (TPSA) is 95.9 Å². The van der Waals surface area contributed by atoms with Gasteiger partial charge in [-0.3, -0.25) is 0 Å². The highest BCUT2D eigenvalue weighted by Gasteiger charge is 2.10. The molecule has 3 aromatic rings. The van der Waals surface area contributed by atoms with Crippen molar-refractivity contribution in [1.82, 2.24) is 5.32 Å². The number of hydrogen-bond acceptors (Lipinski definition) is 4. The van der Waals surface area contributed by atoms with Gasteiger partial charge >= 0.3 is 11.9 Å². The van der Waals surface area contributed by atoms with Crippen LogP contribution in [0.4, 0.5) is 4.39 Å². The van der Waals surface area contributed by atoms with Gasteiger partial charge in [-0.2, -0.15) is 0 Å². The molecule has 32 heavy (non-hydrogen) atoms. The Labute approximate surface area is 198 Å². The Kier molecular flexibility index (Phi) is 10.1. The molecular weight excluding hydrogens is 528 g/mol. The lowest BCUT2D eigenvalue weighted by atomic mass is 10.0. The van der Waals surface area contributed by atoms with E-state index in [4.69, 9.17) is 14.9 Å². The Bertz CT molecular complexity index is 1070. The van der Waals surface area contributed by atoms with Crippen molar-refractivity contribution in [2.24, 2.45) is 0 Å². The van der Waals surface area contributed by atoms with Gasteiger partial charge in [0.2, 0.25) is 0 Å². The van der Waals surface area contributed by atoms with Crippen molar-refractivity contribution in [2.75, 3.05) is 13.7 Å². The van der Waals surface area contributed by atoms with Crippen LogP contribution < -0.4 is 10.1 Å². The van der Waals surface area contributed by atoms with Crippen LogP contribution in [0.15, 0.2) is 72.8 Å². The van der Waals surface area contributed by atoms with Gasteiger partial charge in [0, 0.05) is 33.6 Å². The van der Waals surface area contributed by atoms with Crippen LogP contribution in [0.2, 0.25) is 0 Å². The standard InChI is InChI=1S/C20H19FINO.C4H4O4/c1-23-19(14-5-7-16(21)8-6-14)11-12-24-20-4-2-3-15-13-17(22)9-10-18(15)20;5-3(6)1-2-4(7)8/h2-10,13,19,23H,11-12H2,1H3;1-2H,(H,5,6)(H,7,8)/b;2-1-.